The molecule has 1 fully saturated rings. The van der Waals surface area contributed by atoms with Gasteiger partial charge >= 0.3 is 5.97 Å². The zero-order valence-corrected chi connectivity index (χ0v) is 17.0. The monoisotopic (exact) mass is 436 g/mol. The van der Waals surface area contributed by atoms with Crippen LogP contribution in [0.2, 0.25) is 10.0 Å². The van der Waals surface area contributed by atoms with Crippen LogP contribution in [0.4, 0.5) is 11.4 Å². The maximum absolute atomic E-state index is 12.3. The van der Waals surface area contributed by atoms with Gasteiger partial charge in [0.25, 0.3) is 5.91 Å². The molecule has 2 amide bonds. The summed E-state index contributed by atoms with van der Waals surface area (Å²) in [4.78, 5) is 38.0. The first-order valence-electron chi connectivity index (χ1n) is 8.73. The molecule has 2 aromatic rings. The van der Waals surface area contributed by atoms with Crippen molar-refractivity contribution in [3.8, 4) is 5.75 Å². The summed E-state index contributed by atoms with van der Waals surface area (Å²) in [6, 6.07) is 11.5. The Morgan fingerprint density at radius 1 is 1.17 bits per heavy atom. The fraction of sp³-hybridized carbons (Fsp3) is 0.250. The lowest BCUT2D eigenvalue weighted by atomic mass is 10.1. The number of benzene rings is 2. The average Bonchev–Trinajstić information content (AvgIpc) is 3.10. The van der Waals surface area contributed by atoms with Crippen LogP contribution in [0.25, 0.3) is 0 Å². The molecule has 3 rings (SSSR count). The number of carbonyl (C=O) groups is 3. The van der Waals surface area contributed by atoms with Crippen LogP contribution in [0.3, 0.4) is 0 Å². The molecule has 1 saturated heterocycles. The molecule has 1 heterocycles. The lowest BCUT2D eigenvalue weighted by Crippen LogP contribution is -2.28. The first-order chi connectivity index (χ1) is 13.9. The number of carbonyl (C=O) groups excluding carboxylic acids is 3. The Morgan fingerprint density at radius 2 is 1.90 bits per heavy atom. The maximum atomic E-state index is 12.3. The molecule has 1 aliphatic rings. The third-order valence-corrected chi connectivity index (χ3v) is 4.93. The van der Waals surface area contributed by atoms with Gasteiger partial charge in [-0.25, -0.2) is 0 Å². The molecule has 0 radical (unpaired) electrons. The Hall–Kier alpha value is -2.77. The highest BCUT2D eigenvalue weighted by Gasteiger charge is 2.37. The van der Waals surface area contributed by atoms with E-state index in [0.29, 0.717) is 27.2 Å². The van der Waals surface area contributed by atoms with Crippen LogP contribution in [-0.4, -0.2) is 38.0 Å². The molecule has 0 aliphatic carbocycles. The Balaban J connectivity index is 1.53. The summed E-state index contributed by atoms with van der Waals surface area (Å²) in [5, 5.41) is 3.40. The van der Waals surface area contributed by atoms with E-state index in [0.717, 1.165) is 0 Å². The van der Waals surface area contributed by atoms with Crippen molar-refractivity contribution in [2.75, 3.05) is 30.5 Å². The molecular formula is C20H18Cl2N2O5. The number of rotatable bonds is 6. The van der Waals surface area contributed by atoms with Gasteiger partial charge in [-0.05, 0) is 42.5 Å². The molecule has 0 spiro atoms. The van der Waals surface area contributed by atoms with Crippen molar-refractivity contribution < 1.29 is 23.9 Å². The zero-order valence-electron chi connectivity index (χ0n) is 15.5. The van der Waals surface area contributed by atoms with Crippen molar-refractivity contribution in [3.63, 3.8) is 0 Å². The lowest BCUT2D eigenvalue weighted by Gasteiger charge is -2.18. The van der Waals surface area contributed by atoms with E-state index in [4.69, 9.17) is 32.7 Å². The summed E-state index contributed by atoms with van der Waals surface area (Å²) < 4.78 is 10.1. The molecular weight excluding hydrogens is 419 g/mol. The smallest absolute Gasteiger partial charge is 0.311 e. The third kappa shape index (κ3) is 5.19. The Morgan fingerprint density at radius 3 is 2.59 bits per heavy atom. The molecule has 1 aliphatic heterocycles. The number of methoxy groups -OCH3 is 1. The normalized spacial score (nSPS) is 15.9. The zero-order chi connectivity index (χ0) is 21.0. The fourth-order valence-corrected chi connectivity index (χ4v) is 3.30. The minimum absolute atomic E-state index is 0.0260. The number of hydrogen-bond acceptors (Lipinski definition) is 5. The predicted octanol–water partition coefficient (Wildman–Crippen LogP) is 3.54. The molecule has 1 atom stereocenters. The fourth-order valence-electron chi connectivity index (χ4n) is 2.92. The quantitative estimate of drug-likeness (QED) is 0.699. The first kappa shape index (κ1) is 21.0. The number of esters is 1. The van der Waals surface area contributed by atoms with E-state index in [1.165, 1.54) is 4.90 Å². The number of nitrogens with zero attached hydrogens (tertiary/aromatic N) is 1. The van der Waals surface area contributed by atoms with Crippen LogP contribution in [0, 0.1) is 5.92 Å². The molecule has 2 aromatic carbocycles. The van der Waals surface area contributed by atoms with Gasteiger partial charge in [0.1, 0.15) is 5.75 Å². The van der Waals surface area contributed by atoms with Gasteiger partial charge in [0.2, 0.25) is 5.91 Å². The van der Waals surface area contributed by atoms with Crippen molar-refractivity contribution in [2.45, 2.75) is 6.42 Å². The van der Waals surface area contributed by atoms with Gasteiger partial charge in [-0.15, -0.1) is 0 Å². The Labute approximate surface area is 177 Å². The van der Waals surface area contributed by atoms with Crippen molar-refractivity contribution in [2.24, 2.45) is 5.92 Å². The summed E-state index contributed by atoms with van der Waals surface area (Å²) in [7, 11) is 1.54. The van der Waals surface area contributed by atoms with Gasteiger partial charge in [0, 0.05) is 23.7 Å². The SMILES string of the molecule is COc1ccc(NC(=O)COC(=O)[C@H]2CC(=O)N(c3cc(Cl)ccc3Cl)C2)cc1. The summed E-state index contributed by atoms with van der Waals surface area (Å²) in [6.45, 7) is -0.342. The number of anilines is 2. The molecule has 0 saturated carbocycles. The summed E-state index contributed by atoms with van der Waals surface area (Å²) >= 11 is 12.1. The van der Waals surface area contributed by atoms with Crippen molar-refractivity contribution in [3.05, 3.63) is 52.5 Å². The topological polar surface area (TPSA) is 84.9 Å². The van der Waals surface area contributed by atoms with Gasteiger partial charge in [-0.3, -0.25) is 14.4 Å². The van der Waals surface area contributed by atoms with E-state index < -0.39 is 24.4 Å². The second-order valence-corrected chi connectivity index (χ2v) is 7.23. The van der Waals surface area contributed by atoms with Gasteiger partial charge in [-0.2, -0.15) is 0 Å². The van der Waals surface area contributed by atoms with E-state index >= 15 is 0 Å². The molecule has 7 nitrogen and oxygen atoms in total. The van der Waals surface area contributed by atoms with E-state index in [-0.39, 0.29) is 18.9 Å². The van der Waals surface area contributed by atoms with Gasteiger partial charge < -0.3 is 19.7 Å². The summed E-state index contributed by atoms with van der Waals surface area (Å²) in [5.74, 6) is -1.40. The largest absolute Gasteiger partial charge is 0.497 e. The van der Waals surface area contributed by atoms with E-state index in [1.807, 2.05) is 0 Å². The van der Waals surface area contributed by atoms with Gasteiger partial charge in [-0.1, -0.05) is 23.2 Å². The first-order valence-corrected chi connectivity index (χ1v) is 9.49. The van der Waals surface area contributed by atoms with Crippen molar-refractivity contribution in [1.82, 2.24) is 0 Å². The van der Waals surface area contributed by atoms with Crippen LogP contribution in [0.15, 0.2) is 42.5 Å². The minimum atomic E-state index is -0.689. The highest BCUT2D eigenvalue weighted by Crippen LogP contribution is 2.33. The van der Waals surface area contributed by atoms with E-state index in [1.54, 1.807) is 49.6 Å². The molecule has 0 aromatic heterocycles. The van der Waals surface area contributed by atoms with E-state index in [2.05, 4.69) is 5.32 Å². The van der Waals surface area contributed by atoms with Crippen molar-refractivity contribution >= 4 is 52.4 Å². The number of hydrogen-bond donors (Lipinski definition) is 1. The molecule has 9 heteroatoms. The standard InChI is InChI=1S/C20H18Cl2N2O5/c1-28-15-5-3-14(4-6-15)23-18(25)11-29-20(27)12-8-19(26)24(10-12)17-9-13(21)2-7-16(17)22/h2-7,9,12H,8,10-11H2,1H3,(H,23,25)/t12-/m0/s1. The Bertz CT molecular complexity index is 933. The van der Waals surface area contributed by atoms with Gasteiger partial charge in [0.15, 0.2) is 6.61 Å². The van der Waals surface area contributed by atoms with Gasteiger partial charge in [0.05, 0.1) is 23.7 Å². The minimum Gasteiger partial charge on any atom is -0.497 e. The second kappa shape index (κ2) is 9.15. The predicted molar refractivity (Wildman–Crippen MR) is 110 cm³/mol. The molecule has 29 heavy (non-hydrogen) atoms. The third-order valence-electron chi connectivity index (χ3n) is 4.38. The van der Waals surface area contributed by atoms with Crippen LogP contribution in [-0.2, 0) is 19.1 Å². The summed E-state index contributed by atoms with van der Waals surface area (Å²) in [6.07, 6.45) is -0.0260. The number of amides is 2. The second-order valence-electron chi connectivity index (χ2n) is 6.39. The maximum Gasteiger partial charge on any atom is 0.311 e. The molecule has 0 unspecified atom stereocenters. The number of ether oxygens (including phenoxy) is 2. The van der Waals surface area contributed by atoms with Crippen LogP contribution < -0.4 is 15.0 Å². The molecule has 1 N–H and O–H groups in total. The van der Waals surface area contributed by atoms with Crippen LogP contribution in [0.5, 0.6) is 5.75 Å². The highest BCUT2D eigenvalue weighted by atomic mass is 35.5. The highest BCUT2D eigenvalue weighted by molar-refractivity contribution is 6.35. The lowest BCUT2D eigenvalue weighted by molar-refractivity contribution is -0.151. The number of halogens is 2. The summed E-state index contributed by atoms with van der Waals surface area (Å²) in [5.41, 5.74) is 0.987. The van der Waals surface area contributed by atoms with Crippen molar-refractivity contribution in [1.29, 1.82) is 0 Å². The molecule has 0 bridgehead atoms. The molecule has 152 valence electrons. The average molecular weight is 437 g/mol. The Kier molecular flexibility index (Phi) is 6.61. The van der Waals surface area contributed by atoms with E-state index in [9.17, 15) is 14.4 Å². The van der Waals surface area contributed by atoms with Crippen LogP contribution >= 0.6 is 23.2 Å². The van der Waals surface area contributed by atoms with Crippen LogP contribution in [0.1, 0.15) is 6.42 Å². The number of nitrogens with one attached hydrogen (secondary N) is 1.